The molecule has 0 bridgehead atoms. The molecule has 1 N–H and O–H groups in total. The Balaban J connectivity index is 0.000000160. The van der Waals surface area contributed by atoms with Crippen LogP contribution in [0.15, 0.2) is 24.3 Å². The van der Waals surface area contributed by atoms with Crippen LogP contribution in [-0.4, -0.2) is 13.1 Å². The van der Waals surface area contributed by atoms with E-state index < -0.39 is 0 Å². The molecule has 90 valence electrons. The molecule has 0 amide bonds. The van der Waals surface area contributed by atoms with E-state index in [0.717, 1.165) is 0 Å². The van der Waals surface area contributed by atoms with Crippen LogP contribution in [-0.2, 0) is 0 Å². The number of rotatable bonds is 1. The average Bonchev–Trinajstić information content (AvgIpc) is 2.72. The highest BCUT2D eigenvalue weighted by molar-refractivity contribution is 5.19. The lowest BCUT2D eigenvalue weighted by atomic mass is 9.87. The Kier molecular flexibility index (Phi) is 5.01. The van der Waals surface area contributed by atoms with Gasteiger partial charge in [-0.15, -0.1) is 0 Å². The summed E-state index contributed by atoms with van der Waals surface area (Å²) in [4.78, 5) is 0. The van der Waals surface area contributed by atoms with Gasteiger partial charge in [-0.3, -0.25) is 0 Å². The van der Waals surface area contributed by atoms with Crippen molar-refractivity contribution in [1.82, 2.24) is 5.32 Å². The number of hydrogen-bond acceptors (Lipinski definition) is 1. The van der Waals surface area contributed by atoms with Gasteiger partial charge in [0.15, 0.2) is 0 Å². The maximum Gasteiger partial charge on any atom is 0.000554 e. The SMILES string of the molecule is CC[C@@]1(C)CCNC1.Cc1ccc(C)cc1. The van der Waals surface area contributed by atoms with Crippen LogP contribution in [0.4, 0.5) is 0 Å². The standard InChI is InChI=1S/C8H10.C7H15N/c1-7-3-5-8(2)6-4-7;1-3-7(2)4-5-8-6-7/h3-6H,1-2H3;8H,3-6H2,1-2H3/t;7-/m.0/s1. The molecule has 1 heteroatoms. The topological polar surface area (TPSA) is 12.0 Å². The van der Waals surface area contributed by atoms with E-state index in [4.69, 9.17) is 0 Å². The highest BCUT2D eigenvalue weighted by Gasteiger charge is 2.25. The zero-order valence-electron chi connectivity index (χ0n) is 11.1. The van der Waals surface area contributed by atoms with Gasteiger partial charge in [-0.2, -0.15) is 0 Å². The summed E-state index contributed by atoms with van der Waals surface area (Å²) in [5.74, 6) is 0. The van der Waals surface area contributed by atoms with Crippen molar-refractivity contribution in [3.8, 4) is 0 Å². The molecule has 0 aromatic heterocycles. The van der Waals surface area contributed by atoms with Crippen molar-refractivity contribution >= 4 is 0 Å². The Hall–Kier alpha value is -0.820. The summed E-state index contributed by atoms with van der Waals surface area (Å²) in [6.45, 7) is 11.3. The van der Waals surface area contributed by atoms with E-state index in [1.54, 1.807) is 0 Å². The largest absolute Gasteiger partial charge is 0.316 e. The Morgan fingerprint density at radius 1 is 1.12 bits per heavy atom. The molecular weight excluding hydrogens is 194 g/mol. The maximum absolute atomic E-state index is 3.36. The lowest BCUT2D eigenvalue weighted by molar-refractivity contribution is 0.351. The van der Waals surface area contributed by atoms with E-state index in [0.29, 0.717) is 5.41 Å². The van der Waals surface area contributed by atoms with Crippen LogP contribution in [0.2, 0.25) is 0 Å². The number of nitrogens with one attached hydrogen (secondary N) is 1. The van der Waals surface area contributed by atoms with Gasteiger partial charge in [-0.25, -0.2) is 0 Å². The lowest BCUT2D eigenvalue weighted by Gasteiger charge is -2.18. The van der Waals surface area contributed by atoms with E-state index in [-0.39, 0.29) is 0 Å². The Morgan fingerprint density at radius 2 is 1.62 bits per heavy atom. The molecule has 1 fully saturated rings. The van der Waals surface area contributed by atoms with Crippen LogP contribution in [0.25, 0.3) is 0 Å². The zero-order chi connectivity index (χ0) is 12.0. The fraction of sp³-hybridized carbons (Fsp3) is 0.600. The number of benzene rings is 1. The second kappa shape index (κ2) is 6.05. The molecule has 1 saturated heterocycles. The minimum absolute atomic E-state index is 0.625. The van der Waals surface area contributed by atoms with Crippen LogP contribution >= 0.6 is 0 Å². The van der Waals surface area contributed by atoms with Crippen molar-refractivity contribution in [3.05, 3.63) is 35.4 Å². The molecule has 1 nitrogen and oxygen atoms in total. The molecule has 16 heavy (non-hydrogen) atoms. The molecular formula is C15H25N. The summed E-state index contributed by atoms with van der Waals surface area (Å²) >= 11 is 0. The second-order valence-corrected chi connectivity index (χ2v) is 5.25. The maximum atomic E-state index is 3.36. The quantitative estimate of drug-likeness (QED) is 0.759. The van der Waals surface area contributed by atoms with Gasteiger partial charge < -0.3 is 5.32 Å². The summed E-state index contributed by atoms with van der Waals surface area (Å²) in [7, 11) is 0. The fourth-order valence-electron chi connectivity index (χ4n) is 1.81. The van der Waals surface area contributed by atoms with Crippen molar-refractivity contribution in [2.75, 3.05) is 13.1 Å². The van der Waals surface area contributed by atoms with E-state index in [2.05, 4.69) is 57.3 Å². The predicted octanol–water partition coefficient (Wildman–Crippen LogP) is 3.70. The smallest absolute Gasteiger partial charge is 0.000554 e. The van der Waals surface area contributed by atoms with Gasteiger partial charge in [-0.05, 0) is 38.6 Å². The molecule has 0 aliphatic carbocycles. The highest BCUT2D eigenvalue weighted by Crippen LogP contribution is 2.27. The minimum atomic E-state index is 0.625. The highest BCUT2D eigenvalue weighted by atomic mass is 14.9. The monoisotopic (exact) mass is 219 g/mol. The molecule has 1 aromatic rings. The first-order valence-electron chi connectivity index (χ1n) is 6.30. The summed E-state index contributed by atoms with van der Waals surface area (Å²) in [5, 5.41) is 3.36. The van der Waals surface area contributed by atoms with Crippen LogP contribution in [0.3, 0.4) is 0 Å². The predicted molar refractivity (Wildman–Crippen MR) is 71.8 cm³/mol. The summed E-state index contributed by atoms with van der Waals surface area (Å²) in [6, 6.07) is 8.48. The van der Waals surface area contributed by atoms with Crippen molar-refractivity contribution in [2.24, 2.45) is 5.41 Å². The van der Waals surface area contributed by atoms with Gasteiger partial charge in [-0.1, -0.05) is 49.2 Å². The third-order valence-electron chi connectivity index (χ3n) is 3.53. The van der Waals surface area contributed by atoms with E-state index in [1.807, 2.05) is 0 Å². The van der Waals surface area contributed by atoms with Crippen LogP contribution in [0, 0.1) is 19.3 Å². The first kappa shape index (κ1) is 13.2. The van der Waals surface area contributed by atoms with E-state index in [1.165, 1.54) is 37.1 Å². The molecule has 0 saturated carbocycles. The summed E-state index contributed by atoms with van der Waals surface area (Å²) in [5.41, 5.74) is 3.28. The molecule has 0 radical (unpaired) electrons. The first-order valence-corrected chi connectivity index (χ1v) is 6.30. The van der Waals surface area contributed by atoms with Crippen molar-refractivity contribution < 1.29 is 0 Å². The molecule has 1 aliphatic rings. The molecule has 1 heterocycles. The zero-order valence-corrected chi connectivity index (χ0v) is 11.1. The van der Waals surface area contributed by atoms with Crippen molar-refractivity contribution in [3.63, 3.8) is 0 Å². The third-order valence-corrected chi connectivity index (χ3v) is 3.53. The number of hydrogen-bond donors (Lipinski definition) is 1. The molecule has 1 atom stereocenters. The van der Waals surface area contributed by atoms with Crippen LogP contribution < -0.4 is 5.32 Å². The Bertz CT molecular complexity index is 273. The van der Waals surface area contributed by atoms with E-state index in [9.17, 15) is 0 Å². The fourth-order valence-corrected chi connectivity index (χ4v) is 1.81. The molecule has 2 rings (SSSR count). The molecule has 0 spiro atoms. The lowest BCUT2D eigenvalue weighted by Crippen LogP contribution is -2.18. The van der Waals surface area contributed by atoms with Crippen molar-refractivity contribution in [2.45, 2.75) is 40.5 Å². The Labute approximate surface area is 100 Å². The molecule has 1 aliphatic heterocycles. The van der Waals surface area contributed by atoms with Gasteiger partial charge in [0.2, 0.25) is 0 Å². The number of aryl methyl sites for hydroxylation is 2. The van der Waals surface area contributed by atoms with Gasteiger partial charge in [0.05, 0.1) is 0 Å². The normalized spacial score (nSPS) is 23.8. The molecule has 1 aromatic carbocycles. The average molecular weight is 219 g/mol. The van der Waals surface area contributed by atoms with Gasteiger partial charge in [0, 0.05) is 6.54 Å². The molecule has 0 unspecified atom stereocenters. The summed E-state index contributed by atoms with van der Waals surface area (Å²) in [6.07, 6.45) is 2.68. The second-order valence-electron chi connectivity index (χ2n) is 5.25. The first-order chi connectivity index (χ1) is 7.56. The van der Waals surface area contributed by atoms with Gasteiger partial charge in [0.25, 0.3) is 0 Å². The van der Waals surface area contributed by atoms with Gasteiger partial charge in [0.1, 0.15) is 0 Å². The van der Waals surface area contributed by atoms with Crippen LogP contribution in [0.1, 0.15) is 37.8 Å². The van der Waals surface area contributed by atoms with Gasteiger partial charge >= 0.3 is 0 Å². The Morgan fingerprint density at radius 3 is 1.88 bits per heavy atom. The van der Waals surface area contributed by atoms with Crippen molar-refractivity contribution in [1.29, 1.82) is 0 Å². The van der Waals surface area contributed by atoms with E-state index >= 15 is 0 Å². The minimum Gasteiger partial charge on any atom is -0.316 e. The third kappa shape index (κ3) is 4.36. The summed E-state index contributed by atoms with van der Waals surface area (Å²) < 4.78 is 0. The van der Waals surface area contributed by atoms with Crippen LogP contribution in [0.5, 0.6) is 0 Å².